The molecule has 4 aromatic carbocycles. The molecule has 5 nitrogen and oxygen atoms in total. The molecule has 1 heterocycles. The molecule has 1 fully saturated rings. The Hall–Kier alpha value is -4.27. The zero-order valence-electron chi connectivity index (χ0n) is 26.0. The Kier molecular flexibility index (Phi) is 9.19. The Morgan fingerprint density at radius 2 is 1.48 bits per heavy atom. The van der Waals surface area contributed by atoms with Crippen LogP contribution in [0.4, 0.5) is 5.69 Å². The topological polar surface area (TPSA) is 57.5 Å². The molecule has 4 aromatic rings. The van der Waals surface area contributed by atoms with Gasteiger partial charge in [-0.15, -0.1) is 0 Å². The molecule has 1 N–H and O–H groups in total. The Balaban J connectivity index is 1.09. The lowest BCUT2D eigenvalue weighted by Crippen LogP contribution is -2.41. The van der Waals surface area contributed by atoms with E-state index in [2.05, 4.69) is 101 Å². The van der Waals surface area contributed by atoms with Crippen LogP contribution in [0.1, 0.15) is 53.5 Å². The maximum absolute atomic E-state index is 10.8. The first kappa shape index (κ1) is 29.8. The van der Waals surface area contributed by atoms with Crippen LogP contribution in [-0.2, 0) is 24.8 Å². The van der Waals surface area contributed by atoms with Gasteiger partial charge in [0.1, 0.15) is 5.41 Å². The minimum Gasteiger partial charge on any atom is -0.493 e. The standard InChI is InChI=1S/C39H43N3O2/c1-43-37-24-30-21-23-42(27-31(30)25-38(37)44-2)22-20-29-16-18-35(19-17-29)41-36-15-9-14-34(26-36)39(28-40,32-10-5-3-6-11-32)33-12-7-4-8-13-33/h3-8,10-13,16-19,24-25,34,36,41H,9,14-15,20-23,26-27H2,1-2H3/t34-,36+/m1/s1. The Morgan fingerprint density at radius 3 is 2.09 bits per heavy atom. The van der Waals surface area contributed by atoms with Gasteiger partial charge in [0.2, 0.25) is 0 Å². The minimum absolute atomic E-state index is 0.235. The van der Waals surface area contributed by atoms with Crippen molar-refractivity contribution in [2.45, 2.75) is 56.5 Å². The largest absolute Gasteiger partial charge is 0.493 e. The molecule has 226 valence electrons. The van der Waals surface area contributed by atoms with E-state index < -0.39 is 5.41 Å². The van der Waals surface area contributed by atoms with E-state index in [1.165, 1.54) is 16.7 Å². The predicted octanol–water partition coefficient (Wildman–Crippen LogP) is 7.79. The second-order valence-corrected chi connectivity index (χ2v) is 12.3. The van der Waals surface area contributed by atoms with Gasteiger partial charge in [-0.3, -0.25) is 4.90 Å². The maximum atomic E-state index is 10.8. The van der Waals surface area contributed by atoms with Crippen LogP contribution in [0.2, 0.25) is 0 Å². The summed E-state index contributed by atoms with van der Waals surface area (Å²) in [6.45, 7) is 3.02. The van der Waals surface area contributed by atoms with Crippen LogP contribution in [0.5, 0.6) is 11.5 Å². The SMILES string of the molecule is COc1cc2c(cc1OC)CN(CCc1ccc(N[C@H]3CCC[C@@H](C(C#N)(c4ccccc4)c4ccccc4)C3)cc1)CC2. The fraction of sp³-hybridized carbons (Fsp3) is 0.359. The summed E-state index contributed by atoms with van der Waals surface area (Å²) in [5, 5.41) is 14.6. The first-order valence-electron chi connectivity index (χ1n) is 16.0. The normalized spacial score (nSPS) is 18.6. The number of methoxy groups -OCH3 is 2. The summed E-state index contributed by atoms with van der Waals surface area (Å²) in [5.41, 5.74) is 6.75. The minimum atomic E-state index is -0.654. The highest BCUT2D eigenvalue weighted by Gasteiger charge is 2.44. The van der Waals surface area contributed by atoms with Crippen molar-refractivity contribution in [3.05, 3.63) is 125 Å². The molecule has 2 aliphatic rings. The van der Waals surface area contributed by atoms with Gasteiger partial charge in [-0.1, -0.05) is 79.2 Å². The van der Waals surface area contributed by atoms with E-state index in [1.54, 1.807) is 14.2 Å². The lowest BCUT2D eigenvalue weighted by Gasteiger charge is -2.41. The van der Waals surface area contributed by atoms with Gasteiger partial charge in [0.15, 0.2) is 11.5 Å². The molecular formula is C39H43N3O2. The highest BCUT2D eigenvalue weighted by atomic mass is 16.5. The van der Waals surface area contributed by atoms with Crippen LogP contribution >= 0.6 is 0 Å². The number of benzene rings is 4. The highest BCUT2D eigenvalue weighted by Crippen LogP contribution is 2.46. The number of anilines is 1. The van der Waals surface area contributed by atoms with Gasteiger partial charge in [-0.2, -0.15) is 5.26 Å². The lowest BCUT2D eigenvalue weighted by molar-refractivity contribution is 0.255. The average Bonchev–Trinajstić information content (AvgIpc) is 3.09. The first-order valence-corrected chi connectivity index (χ1v) is 16.0. The quantitative estimate of drug-likeness (QED) is 0.206. The zero-order chi connectivity index (χ0) is 30.4. The second-order valence-electron chi connectivity index (χ2n) is 12.3. The van der Waals surface area contributed by atoms with Crippen LogP contribution in [0.25, 0.3) is 0 Å². The Labute approximate surface area is 262 Å². The van der Waals surface area contributed by atoms with E-state index in [9.17, 15) is 5.26 Å². The van der Waals surface area contributed by atoms with Crippen molar-refractivity contribution in [2.75, 3.05) is 32.6 Å². The molecule has 0 radical (unpaired) electrons. The Morgan fingerprint density at radius 1 is 0.841 bits per heavy atom. The molecule has 2 atom stereocenters. The average molecular weight is 586 g/mol. The van der Waals surface area contributed by atoms with Crippen molar-refractivity contribution < 1.29 is 9.47 Å². The van der Waals surface area contributed by atoms with Gasteiger partial charge < -0.3 is 14.8 Å². The monoisotopic (exact) mass is 585 g/mol. The molecule has 0 aromatic heterocycles. The van der Waals surface area contributed by atoms with Crippen molar-refractivity contribution >= 4 is 5.69 Å². The number of nitrogens with one attached hydrogen (secondary N) is 1. The van der Waals surface area contributed by atoms with Crippen LogP contribution in [0.15, 0.2) is 97.1 Å². The first-order chi connectivity index (χ1) is 21.6. The second kappa shape index (κ2) is 13.6. The summed E-state index contributed by atoms with van der Waals surface area (Å²) in [5.74, 6) is 1.85. The van der Waals surface area contributed by atoms with Crippen LogP contribution in [0.3, 0.4) is 0 Å². The third kappa shape index (κ3) is 6.18. The molecule has 0 spiro atoms. The van der Waals surface area contributed by atoms with Gasteiger partial charge in [0, 0.05) is 31.4 Å². The van der Waals surface area contributed by atoms with E-state index in [1.807, 2.05) is 12.1 Å². The smallest absolute Gasteiger partial charge is 0.161 e. The van der Waals surface area contributed by atoms with E-state index in [-0.39, 0.29) is 5.92 Å². The highest BCUT2D eigenvalue weighted by molar-refractivity contribution is 5.50. The molecule has 5 heteroatoms. The fourth-order valence-corrected chi connectivity index (χ4v) is 7.40. The summed E-state index contributed by atoms with van der Waals surface area (Å²) >= 11 is 0. The van der Waals surface area contributed by atoms with Crippen molar-refractivity contribution in [2.24, 2.45) is 5.92 Å². The molecule has 0 bridgehead atoms. The molecule has 44 heavy (non-hydrogen) atoms. The molecule has 6 rings (SSSR count). The molecule has 1 aliphatic carbocycles. The fourth-order valence-electron chi connectivity index (χ4n) is 7.40. The summed E-state index contributed by atoms with van der Waals surface area (Å²) in [6, 6.07) is 37.2. The number of fused-ring (bicyclic) bond motifs is 1. The number of nitriles is 1. The summed E-state index contributed by atoms with van der Waals surface area (Å²) in [7, 11) is 3.40. The van der Waals surface area contributed by atoms with Crippen LogP contribution in [0, 0.1) is 17.2 Å². The summed E-state index contributed by atoms with van der Waals surface area (Å²) in [6.07, 6.45) is 6.30. The van der Waals surface area contributed by atoms with Crippen molar-refractivity contribution in [3.63, 3.8) is 0 Å². The van der Waals surface area contributed by atoms with Crippen LogP contribution < -0.4 is 14.8 Å². The molecule has 1 aliphatic heterocycles. The number of rotatable bonds is 10. The van der Waals surface area contributed by atoms with Gasteiger partial charge in [0.25, 0.3) is 0 Å². The van der Waals surface area contributed by atoms with E-state index in [4.69, 9.17) is 9.47 Å². The van der Waals surface area contributed by atoms with Gasteiger partial charge in [-0.25, -0.2) is 0 Å². The Bertz CT molecular complexity index is 1520. The summed E-state index contributed by atoms with van der Waals surface area (Å²) < 4.78 is 11.0. The van der Waals surface area contributed by atoms with E-state index in [0.717, 1.165) is 86.5 Å². The van der Waals surface area contributed by atoms with E-state index in [0.29, 0.717) is 6.04 Å². The number of nitrogens with zero attached hydrogens (tertiary/aromatic N) is 2. The predicted molar refractivity (Wildman–Crippen MR) is 177 cm³/mol. The van der Waals surface area contributed by atoms with E-state index >= 15 is 0 Å². The number of hydrogen-bond donors (Lipinski definition) is 1. The lowest BCUT2D eigenvalue weighted by atomic mass is 9.61. The zero-order valence-corrected chi connectivity index (χ0v) is 26.0. The van der Waals surface area contributed by atoms with Crippen molar-refractivity contribution in [1.82, 2.24) is 4.90 Å². The van der Waals surface area contributed by atoms with Gasteiger partial charge in [-0.05, 0) is 90.1 Å². The molecule has 0 amide bonds. The molecular weight excluding hydrogens is 542 g/mol. The number of hydrogen-bond acceptors (Lipinski definition) is 5. The maximum Gasteiger partial charge on any atom is 0.161 e. The molecule has 1 saturated carbocycles. The molecule has 0 saturated heterocycles. The van der Waals surface area contributed by atoms with Crippen LogP contribution in [-0.4, -0.2) is 38.3 Å². The van der Waals surface area contributed by atoms with Crippen molar-refractivity contribution in [1.29, 1.82) is 5.26 Å². The van der Waals surface area contributed by atoms with Gasteiger partial charge >= 0.3 is 0 Å². The van der Waals surface area contributed by atoms with Gasteiger partial charge in [0.05, 0.1) is 20.3 Å². The van der Waals surface area contributed by atoms with Crippen molar-refractivity contribution in [3.8, 4) is 17.6 Å². The summed E-state index contributed by atoms with van der Waals surface area (Å²) in [4.78, 5) is 2.53. The third-order valence-corrected chi connectivity index (χ3v) is 9.76. The number of ether oxygens (including phenoxy) is 2. The molecule has 0 unspecified atom stereocenters. The third-order valence-electron chi connectivity index (χ3n) is 9.76.